The summed E-state index contributed by atoms with van der Waals surface area (Å²) < 4.78 is 6.57. The molecule has 1 heterocycles. The summed E-state index contributed by atoms with van der Waals surface area (Å²) in [5, 5.41) is 0. The van der Waals surface area contributed by atoms with Crippen molar-refractivity contribution in [3.63, 3.8) is 0 Å². The molecular formula is C18H32ClNO. The van der Waals surface area contributed by atoms with Crippen LogP contribution in [0, 0.1) is 0 Å². The van der Waals surface area contributed by atoms with Crippen LogP contribution >= 0.6 is 11.6 Å². The van der Waals surface area contributed by atoms with E-state index in [2.05, 4.69) is 4.90 Å². The van der Waals surface area contributed by atoms with Crippen molar-refractivity contribution in [3.8, 4) is 0 Å². The topological polar surface area (TPSA) is 12.5 Å². The molecule has 1 atom stereocenters. The van der Waals surface area contributed by atoms with E-state index in [9.17, 15) is 0 Å². The molecule has 1 unspecified atom stereocenters. The molecule has 1 saturated heterocycles. The molecule has 0 aromatic rings. The Morgan fingerprint density at radius 3 is 2.33 bits per heavy atom. The van der Waals surface area contributed by atoms with E-state index in [1.54, 1.807) is 0 Å². The van der Waals surface area contributed by atoms with Crippen LogP contribution in [0.5, 0.6) is 0 Å². The van der Waals surface area contributed by atoms with Crippen LogP contribution in [0.4, 0.5) is 0 Å². The van der Waals surface area contributed by atoms with Crippen molar-refractivity contribution in [2.45, 2.75) is 94.8 Å². The normalized spacial score (nSPS) is 30.3. The van der Waals surface area contributed by atoms with Crippen LogP contribution in [-0.2, 0) is 4.74 Å². The van der Waals surface area contributed by atoms with Crippen molar-refractivity contribution < 1.29 is 4.74 Å². The zero-order valence-corrected chi connectivity index (χ0v) is 14.3. The number of halogens is 1. The number of nitrogens with zero attached hydrogens (tertiary/aromatic N) is 1. The van der Waals surface area contributed by atoms with Gasteiger partial charge in [-0.05, 0) is 38.5 Å². The molecule has 3 rings (SSSR count). The van der Waals surface area contributed by atoms with Crippen LogP contribution in [0.25, 0.3) is 0 Å². The van der Waals surface area contributed by atoms with E-state index in [1.165, 1.54) is 77.0 Å². The first-order valence-electron chi connectivity index (χ1n) is 9.29. The Labute approximate surface area is 135 Å². The van der Waals surface area contributed by atoms with Gasteiger partial charge in [0, 0.05) is 25.0 Å². The molecule has 0 radical (unpaired) electrons. The number of hydrogen-bond donors (Lipinski definition) is 0. The molecule has 2 aliphatic carbocycles. The van der Waals surface area contributed by atoms with Crippen molar-refractivity contribution in [3.05, 3.63) is 0 Å². The van der Waals surface area contributed by atoms with Gasteiger partial charge in [-0.25, -0.2) is 0 Å². The zero-order valence-electron chi connectivity index (χ0n) is 13.5. The van der Waals surface area contributed by atoms with Crippen molar-refractivity contribution in [2.24, 2.45) is 0 Å². The van der Waals surface area contributed by atoms with E-state index in [4.69, 9.17) is 16.3 Å². The predicted molar refractivity (Wildman–Crippen MR) is 89.1 cm³/mol. The first-order chi connectivity index (χ1) is 10.3. The number of alkyl halides is 1. The zero-order chi connectivity index (χ0) is 14.5. The second-order valence-corrected chi connectivity index (χ2v) is 7.88. The fourth-order valence-corrected chi connectivity index (χ4v) is 5.04. The fraction of sp³-hybridized carbons (Fsp3) is 1.00. The number of hydrogen-bond acceptors (Lipinski definition) is 2. The highest BCUT2D eigenvalue weighted by atomic mass is 35.5. The highest BCUT2D eigenvalue weighted by Crippen LogP contribution is 2.42. The third-order valence-electron chi connectivity index (χ3n) is 6.00. The monoisotopic (exact) mass is 313 g/mol. The second kappa shape index (κ2) is 7.66. The first-order valence-corrected chi connectivity index (χ1v) is 9.83. The third-order valence-corrected chi connectivity index (χ3v) is 6.17. The lowest BCUT2D eigenvalue weighted by Crippen LogP contribution is -2.43. The molecule has 122 valence electrons. The summed E-state index contributed by atoms with van der Waals surface area (Å²) in [5.74, 6) is 0.758. The lowest BCUT2D eigenvalue weighted by atomic mass is 9.83. The molecular weight excluding hydrogens is 282 g/mol. The van der Waals surface area contributed by atoms with Crippen LogP contribution in [0.15, 0.2) is 0 Å². The minimum Gasteiger partial charge on any atom is -0.370 e. The summed E-state index contributed by atoms with van der Waals surface area (Å²) in [7, 11) is 0. The Hall–Kier alpha value is 0.210. The molecule has 0 aromatic heterocycles. The van der Waals surface area contributed by atoms with Crippen LogP contribution in [0.1, 0.15) is 77.0 Å². The molecule has 0 N–H and O–H groups in total. The maximum atomic E-state index is 6.57. The number of ether oxygens (including phenoxy) is 1. The molecule has 0 bridgehead atoms. The third kappa shape index (κ3) is 4.14. The smallest absolute Gasteiger partial charge is 0.0710 e. The summed E-state index contributed by atoms with van der Waals surface area (Å²) in [6.45, 7) is 2.16. The lowest BCUT2D eigenvalue weighted by Gasteiger charge is -2.37. The van der Waals surface area contributed by atoms with Gasteiger partial charge in [-0.2, -0.15) is 0 Å². The Kier molecular flexibility index (Phi) is 5.86. The Balaban J connectivity index is 1.53. The van der Waals surface area contributed by atoms with Crippen LogP contribution in [0.3, 0.4) is 0 Å². The standard InChI is InChI=1S/C18H32ClNO/c19-13-14-20(16-7-3-1-4-8-16)15-17-9-12-18(21-17)10-5-2-6-11-18/h16-17H,1-15H2. The van der Waals surface area contributed by atoms with Crippen molar-refractivity contribution in [1.29, 1.82) is 0 Å². The van der Waals surface area contributed by atoms with Gasteiger partial charge < -0.3 is 4.74 Å². The first kappa shape index (κ1) is 16.1. The SMILES string of the molecule is ClCCN(CC1CCC2(CCCCC2)O1)C1CCCCC1. The summed E-state index contributed by atoms with van der Waals surface area (Å²) >= 11 is 6.06. The molecule has 0 amide bonds. The molecule has 2 nitrogen and oxygen atoms in total. The maximum Gasteiger partial charge on any atom is 0.0710 e. The molecule has 0 aromatic carbocycles. The average Bonchev–Trinajstić information content (AvgIpc) is 2.91. The molecule has 3 heteroatoms. The highest BCUT2D eigenvalue weighted by Gasteiger charge is 2.41. The fourth-order valence-electron chi connectivity index (χ4n) is 4.83. The average molecular weight is 314 g/mol. The van der Waals surface area contributed by atoms with Gasteiger partial charge in [-0.15, -0.1) is 11.6 Å². The molecule has 1 spiro atoms. The van der Waals surface area contributed by atoms with Crippen molar-refractivity contribution in [1.82, 2.24) is 4.90 Å². The van der Waals surface area contributed by atoms with Crippen LogP contribution in [-0.4, -0.2) is 41.6 Å². The molecule has 2 saturated carbocycles. The minimum atomic E-state index is 0.266. The van der Waals surface area contributed by atoms with E-state index in [0.29, 0.717) is 6.10 Å². The van der Waals surface area contributed by atoms with Gasteiger partial charge >= 0.3 is 0 Å². The quantitative estimate of drug-likeness (QED) is 0.680. The highest BCUT2D eigenvalue weighted by molar-refractivity contribution is 6.18. The predicted octanol–water partition coefficient (Wildman–Crippen LogP) is 4.74. The Bertz CT molecular complexity index is 310. The molecule has 1 aliphatic heterocycles. The van der Waals surface area contributed by atoms with Gasteiger partial charge in [0.05, 0.1) is 11.7 Å². The second-order valence-electron chi connectivity index (χ2n) is 7.50. The summed E-state index contributed by atoms with van der Waals surface area (Å²) in [4.78, 5) is 2.65. The van der Waals surface area contributed by atoms with E-state index in [1.807, 2.05) is 0 Å². The largest absolute Gasteiger partial charge is 0.370 e. The van der Waals surface area contributed by atoms with Gasteiger partial charge in [-0.1, -0.05) is 38.5 Å². The van der Waals surface area contributed by atoms with Crippen LogP contribution < -0.4 is 0 Å². The number of rotatable bonds is 5. The maximum absolute atomic E-state index is 6.57. The van der Waals surface area contributed by atoms with E-state index in [0.717, 1.165) is 25.0 Å². The van der Waals surface area contributed by atoms with Gasteiger partial charge in [-0.3, -0.25) is 4.90 Å². The van der Waals surface area contributed by atoms with Crippen molar-refractivity contribution in [2.75, 3.05) is 19.0 Å². The van der Waals surface area contributed by atoms with Gasteiger partial charge in [0.2, 0.25) is 0 Å². The summed E-state index contributed by atoms with van der Waals surface area (Å²) in [6.07, 6.45) is 16.8. The van der Waals surface area contributed by atoms with E-state index in [-0.39, 0.29) is 5.60 Å². The van der Waals surface area contributed by atoms with E-state index < -0.39 is 0 Å². The van der Waals surface area contributed by atoms with Gasteiger partial charge in [0.1, 0.15) is 0 Å². The van der Waals surface area contributed by atoms with Crippen molar-refractivity contribution >= 4 is 11.6 Å². The minimum absolute atomic E-state index is 0.266. The molecule has 3 fully saturated rings. The van der Waals surface area contributed by atoms with Gasteiger partial charge in [0.25, 0.3) is 0 Å². The lowest BCUT2D eigenvalue weighted by molar-refractivity contribution is -0.0753. The molecule has 3 aliphatic rings. The Morgan fingerprint density at radius 2 is 1.62 bits per heavy atom. The Morgan fingerprint density at radius 1 is 0.905 bits per heavy atom. The summed E-state index contributed by atoms with van der Waals surface area (Å²) in [5.41, 5.74) is 0.266. The van der Waals surface area contributed by atoms with Crippen LogP contribution in [0.2, 0.25) is 0 Å². The summed E-state index contributed by atoms with van der Waals surface area (Å²) in [6, 6.07) is 0.768. The van der Waals surface area contributed by atoms with Gasteiger partial charge in [0.15, 0.2) is 0 Å². The molecule has 21 heavy (non-hydrogen) atoms. The van der Waals surface area contributed by atoms with E-state index >= 15 is 0 Å².